The van der Waals surface area contributed by atoms with E-state index in [1.54, 1.807) is 7.11 Å². The van der Waals surface area contributed by atoms with Crippen LogP contribution >= 0.6 is 0 Å². The third kappa shape index (κ3) is 3.03. The van der Waals surface area contributed by atoms with Crippen LogP contribution in [0.4, 0.5) is 0 Å². The molecule has 0 aromatic heterocycles. The predicted molar refractivity (Wildman–Crippen MR) is 83.8 cm³/mol. The predicted octanol–water partition coefficient (Wildman–Crippen LogP) is 3.65. The third-order valence-corrected chi connectivity index (χ3v) is 4.05. The van der Waals surface area contributed by atoms with Gasteiger partial charge in [-0.1, -0.05) is 30.3 Å². The van der Waals surface area contributed by atoms with E-state index in [1.807, 2.05) is 18.2 Å². The van der Waals surface area contributed by atoms with Crippen LogP contribution in [0.5, 0.6) is 11.5 Å². The van der Waals surface area contributed by atoms with E-state index in [-0.39, 0.29) is 0 Å². The van der Waals surface area contributed by atoms with Gasteiger partial charge in [0.05, 0.1) is 13.7 Å². The first-order chi connectivity index (χ1) is 10.3. The molecule has 0 fully saturated rings. The van der Waals surface area contributed by atoms with Crippen molar-refractivity contribution in [3.05, 3.63) is 59.7 Å². The molecular formula is C18H21NO2. The number of methoxy groups -OCH3 is 1. The molecule has 1 heterocycles. The van der Waals surface area contributed by atoms with Gasteiger partial charge in [-0.2, -0.15) is 0 Å². The number of para-hydroxylation sites is 1. The lowest BCUT2D eigenvalue weighted by atomic mass is 9.99. The molecule has 1 atom stereocenters. The maximum Gasteiger partial charge on any atom is 0.124 e. The first-order valence-corrected chi connectivity index (χ1v) is 7.33. The molecule has 21 heavy (non-hydrogen) atoms. The van der Waals surface area contributed by atoms with Crippen LogP contribution < -0.4 is 9.47 Å². The summed E-state index contributed by atoms with van der Waals surface area (Å²) in [5, 5.41) is 0. The Morgan fingerprint density at radius 1 is 1.14 bits per heavy atom. The van der Waals surface area contributed by atoms with Crippen LogP contribution in [0.25, 0.3) is 0 Å². The van der Waals surface area contributed by atoms with Crippen LogP contribution in [-0.2, 0) is 6.54 Å². The summed E-state index contributed by atoms with van der Waals surface area (Å²) in [7, 11) is 3.87. The van der Waals surface area contributed by atoms with Gasteiger partial charge < -0.3 is 9.47 Å². The molecule has 0 saturated heterocycles. The number of nitrogens with zero attached hydrogens (tertiary/aromatic N) is 1. The summed E-state index contributed by atoms with van der Waals surface area (Å²) >= 11 is 0. The highest BCUT2D eigenvalue weighted by molar-refractivity contribution is 5.37. The molecule has 0 bridgehead atoms. The van der Waals surface area contributed by atoms with E-state index in [0.29, 0.717) is 6.04 Å². The van der Waals surface area contributed by atoms with Crippen LogP contribution in [-0.4, -0.2) is 25.7 Å². The molecule has 1 aliphatic rings. The molecule has 110 valence electrons. The molecule has 0 aliphatic carbocycles. The molecule has 0 radical (unpaired) electrons. The first kappa shape index (κ1) is 14.0. The fourth-order valence-electron chi connectivity index (χ4n) is 2.91. The van der Waals surface area contributed by atoms with Gasteiger partial charge in [0.1, 0.15) is 11.5 Å². The van der Waals surface area contributed by atoms with Gasteiger partial charge in [-0.3, -0.25) is 4.90 Å². The SMILES string of the molecule is COc1ccc(CN(C)C2CCOc3ccccc32)cc1. The van der Waals surface area contributed by atoms with Gasteiger partial charge in [0.25, 0.3) is 0 Å². The normalized spacial score (nSPS) is 17.2. The Balaban J connectivity index is 1.75. The Labute approximate surface area is 126 Å². The largest absolute Gasteiger partial charge is 0.497 e. The summed E-state index contributed by atoms with van der Waals surface area (Å²) < 4.78 is 10.9. The molecule has 3 rings (SSSR count). The number of fused-ring (bicyclic) bond motifs is 1. The lowest BCUT2D eigenvalue weighted by Gasteiger charge is -2.33. The Morgan fingerprint density at radius 2 is 1.90 bits per heavy atom. The van der Waals surface area contributed by atoms with Crippen molar-refractivity contribution in [1.82, 2.24) is 4.90 Å². The molecule has 3 heteroatoms. The van der Waals surface area contributed by atoms with Crippen molar-refractivity contribution < 1.29 is 9.47 Å². The van der Waals surface area contributed by atoms with E-state index >= 15 is 0 Å². The number of hydrogen-bond acceptors (Lipinski definition) is 3. The number of benzene rings is 2. The minimum Gasteiger partial charge on any atom is -0.497 e. The monoisotopic (exact) mass is 283 g/mol. The zero-order chi connectivity index (χ0) is 14.7. The van der Waals surface area contributed by atoms with Crippen molar-refractivity contribution in [2.24, 2.45) is 0 Å². The molecule has 2 aromatic carbocycles. The molecule has 0 amide bonds. The zero-order valence-electron chi connectivity index (χ0n) is 12.6. The second-order valence-electron chi connectivity index (χ2n) is 5.45. The molecule has 1 unspecified atom stereocenters. The topological polar surface area (TPSA) is 21.7 Å². The van der Waals surface area contributed by atoms with Crippen molar-refractivity contribution in [1.29, 1.82) is 0 Å². The van der Waals surface area contributed by atoms with E-state index in [0.717, 1.165) is 31.1 Å². The average molecular weight is 283 g/mol. The molecule has 0 N–H and O–H groups in total. The first-order valence-electron chi connectivity index (χ1n) is 7.33. The van der Waals surface area contributed by atoms with E-state index in [2.05, 4.69) is 42.3 Å². The highest BCUT2D eigenvalue weighted by atomic mass is 16.5. The lowest BCUT2D eigenvalue weighted by molar-refractivity contribution is 0.161. The Morgan fingerprint density at radius 3 is 2.67 bits per heavy atom. The van der Waals surface area contributed by atoms with Crippen molar-refractivity contribution in [2.75, 3.05) is 20.8 Å². The van der Waals surface area contributed by atoms with Crippen molar-refractivity contribution in [2.45, 2.75) is 19.0 Å². The van der Waals surface area contributed by atoms with Gasteiger partial charge in [-0.15, -0.1) is 0 Å². The summed E-state index contributed by atoms with van der Waals surface area (Å²) in [6.45, 7) is 1.71. The molecule has 0 spiro atoms. The Kier molecular flexibility index (Phi) is 4.11. The minimum absolute atomic E-state index is 0.414. The van der Waals surface area contributed by atoms with Gasteiger partial charge in [-0.05, 0) is 30.8 Å². The molecule has 2 aromatic rings. The quantitative estimate of drug-likeness (QED) is 0.855. The van der Waals surface area contributed by atoms with Gasteiger partial charge in [0, 0.05) is 24.6 Å². The zero-order valence-corrected chi connectivity index (χ0v) is 12.6. The van der Waals surface area contributed by atoms with Gasteiger partial charge in [-0.25, -0.2) is 0 Å². The Hall–Kier alpha value is -2.00. The second kappa shape index (κ2) is 6.19. The summed E-state index contributed by atoms with van der Waals surface area (Å²) in [5.74, 6) is 1.92. The van der Waals surface area contributed by atoms with E-state index < -0.39 is 0 Å². The standard InChI is InChI=1S/C18H21NO2/c1-19(13-14-7-9-15(20-2)10-8-14)17-11-12-21-18-6-4-3-5-16(17)18/h3-10,17H,11-13H2,1-2H3. The summed E-state index contributed by atoms with van der Waals surface area (Å²) in [6.07, 6.45) is 1.03. The van der Waals surface area contributed by atoms with Gasteiger partial charge >= 0.3 is 0 Å². The summed E-state index contributed by atoms with van der Waals surface area (Å²) in [4.78, 5) is 2.39. The van der Waals surface area contributed by atoms with E-state index in [4.69, 9.17) is 9.47 Å². The molecular weight excluding hydrogens is 262 g/mol. The maximum absolute atomic E-state index is 5.74. The average Bonchev–Trinajstić information content (AvgIpc) is 2.55. The van der Waals surface area contributed by atoms with Crippen molar-refractivity contribution >= 4 is 0 Å². The molecule has 1 aliphatic heterocycles. The van der Waals surface area contributed by atoms with Crippen LogP contribution in [0.15, 0.2) is 48.5 Å². The summed E-state index contributed by atoms with van der Waals surface area (Å²) in [6, 6.07) is 17.0. The number of hydrogen-bond donors (Lipinski definition) is 0. The van der Waals surface area contributed by atoms with E-state index in [9.17, 15) is 0 Å². The lowest BCUT2D eigenvalue weighted by Crippen LogP contribution is -2.28. The van der Waals surface area contributed by atoms with Crippen molar-refractivity contribution in [3.63, 3.8) is 0 Å². The second-order valence-corrected chi connectivity index (χ2v) is 5.45. The van der Waals surface area contributed by atoms with E-state index in [1.165, 1.54) is 11.1 Å². The third-order valence-electron chi connectivity index (χ3n) is 4.05. The molecule has 0 saturated carbocycles. The summed E-state index contributed by atoms with van der Waals surface area (Å²) in [5.41, 5.74) is 2.59. The van der Waals surface area contributed by atoms with Crippen LogP contribution in [0.1, 0.15) is 23.6 Å². The van der Waals surface area contributed by atoms with Crippen LogP contribution in [0.3, 0.4) is 0 Å². The maximum atomic E-state index is 5.74. The highest BCUT2D eigenvalue weighted by Crippen LogP contribution is 2.35. The number of rotatable bonds is 4. The smallest absolute Gasteiger partial charge is 0.124 e. The fraction of sp³-hybridized carbons (Fsp3) is 0.333. The Bertz CT molecular complexity index is 594. The van der Waals surface area contributed by atoms with Crippen LogP contribution in [0.2, 0.25) is 0 Å². The number of ether oxygens (including phenoxy) is 2. The van der Waals surface area contributed by atoms with Gasteiger partial charge in [0.2, 0.25) is 0 Å². The molecule has 3 nitrogen and oxygen atoms in total. The fourth-order valence-corrected chi connectivity index (χ4v) is 2.91. The minimum atomic E-state index is 0.414. The van der Waals surface area contributed by atoms with Crippen molar-refractivity contribution in [3.8, 4) is 11.5 Å². The highest BCUT2D eigenvalue weighted by Gasteiger charge is 2.24. The van der Waals surface area contributed by atoms with Gasteiger partial charge in [0.15, 0.2) is 0 Å². The van der Waals surface area contributed by atoms with Crippen LogP contribution in [0, 0.1) is 0 Å².